The minimum absolute atomic E-state index is 0.0411. The van der Waals surface area contributed by atoms with Crippen LogP contribution in [0.25, 0.3) is 0 Å². The van der Waals surface area contributed by atoms with Crippen LogP contribution in [0, 0.1) is 19.8 Å². The van der Waals surface area contributed by atoms with E-state index in [4.69, 9.17) is 5.11 Å². The molecule has 2 rings (SSSR count). The highest BCUT2D eigenvalue weighted by Gasteiger charge is 2.40. The van der Waals surface area contributed by atoms with Crippen molar-refractivity contribution >= 4 is 35.3 Å². The highest BCUT2D eigenvalue weighted by molar-refractivity contribution is 8.01. The van der Waals surface area contributed by atoms with Crippen LogP contribution in [-0.4, -0.2) is 61.8 Å². The van der Waals surface area contributed by atoms with Crippen LogP contribution < -0.4 is 0 Å². The molecule has 3 unspecified atom stereocenters. The molecule has 160 valence electrons. The zero-order valence-corrected chi connectivity index (χ0v) is 18.5. The topological polar surface area (TPSA) is 94.8 Å². The molecule has 1 aliphatic rings. The Balaban J connectivity index is 1.87. The first-order chi connectivity index (χ1) is 13.8. The third-order valence-corrected chi connectivity index (χ3v) is 7.46. The summed E-state index contributed by atoms with van der Waals surface area (Å²) >= 11 is 2.89. The fourth-order valence-electron chi connectivity index (χ4n) is 3.41. The summed E-state index contributed by atoms with van der Waals surface area (Å²) < 4.78 is 0. The van der Waals surface area contributed by atoms with E-state index in [0.29, 0.717) is 6.42 Å². The lowest BCUT2D eigenvalue weighted by Crippen LogP contribution is -2.22. The Labute approximate surface area is 181 Å². The van der Waals surface area contributed by atoms with Gasteiger partial charge >= 0.3 is 5.97 Å². The Morgan fingerprint density at radius 3 is 2.79 bits per heavy atom. The molecule has 0 bridgehead atoms. The number of rotatable bonds is 11. The SMILES string of the molecule is Cc1ccc(C)c(CC(O)C=C[C@H]2C(O)CC(=O)C2SCCCSCC(=O)O)c1. The van der Waals surface area contributed by atoms with Crippen molar-refractivity contribution in [2.24, 2.45) is 5.92 Å². The number of aliphatic hydroxyl groups excluding tert-OH is 2. The monoisotopic (exact) mass is 438 g/mol. The number of aryl methyl sites for hydroxylation is 2. The number of carbonyl (C=O) groups is 2. The number of Topliss-reactive ketones (excluding diaryl/α,β-unsaturated/α-hetero) is 1. The number of benzene rings is 1. The van der Waals surface area contributed by atoms with Crippen molar-refractivity contribution < 1.29 is 24.9 Å². The van der Waals surface area contributed by atoms with Gasteiger partial charge in [-0.2, -0.15) is 11.8 Å². The maximum Gasteiger partial charge on any atom is 0.313 e. The summed E-state index contributed by atoms with van der Waals surface area (Å²) in [6, 6.07) is 6.16. The summed E-state index contributed by atoms with van der Waals surface area (Å²) in [5.41, 5.74) is 3.37. The van der Waals surface area contributed by atoms with Gasteiger partial charge in [0.25, 0.3) is 0 Å². The molecular weight excluding hydrogens is 408 g/mol. The van der Waals surface area contributed by atoms with Gasteiger partial charge in [-0.1, -0.05) is 35.9 Å². The second-order valence-electron chi connectivity index (χ2n) is 7.49. The number of ketones is 1. The largest absolute Gasteiger partial charge is 0.481 e. The first-order valence-electron chi connectivity index (χ1n) is 9.82. The van der Waals surface area contributed by atoms with Crippen LogP contribution in [0.15, 0.2) is 30.4 Å². The van der Waals surface area contributed by atoms with E-state index >= 15 is 0 Å². The van der Waals surface area contributed by atoms with E-state index in [0.717, 1.165) is 34.6 Å². The molecular formula is C22H30O5S2. The van der Waals surface area contributed by atoms with Crippen LogP contribution in [0.1, 0.15) is 29.5 Å². The van der Waals surface area contributed by atoms with Gasteiger partial charge in [-0.15, -0.1) is 11.8 Å². The second kappa shape index (κ2) is 11.8. The van der Waals surface area contributed by atoms with Gasteiger partial charge in [-0.05, 0) is 42.9 Å². The van der Waals surface area contributed by atoms with Crippen molar-refractivity contribution in [1.82, 2.24) is 0 Å². The predicted octanol–water partition coefficient (Wildman–Crippen LogP) is 3.02. The van der Waals surface area contributed by atoms with Crippen molar-refractivity contribution in [3.63, 3.8) is 0 Å². The minimum atomic E-state index is -0.818. The standard InChI is InChI=1S/C22H30O5S2/c1-14-4-5-15(2)16(10-14)11-17(23)6-7-18-19(24)12-20(25)22(18)29-9-3-8-28-13-21(26)27/h4-7,10,17-19,22-24H,3,8-9,11-13H2,1-2H3,(H,26,27)/t17?,18-,19?,22?/m0/s1. The van der Waals surface area contributed by atoms with Crippen LogP contribution in [0.3, 0.4) is 0 Å². The lowest BCUT2D eigenvalue weighted by atomic mass is 9.98. The molecule has 0 spiro atoms. The highest BCUT2D eigenvalue weighted by atomic mass is 32.2. The fourth-order valence-corrected chi connectivity index (χ4v) is 5.60. The van der Waals surface area contributed by atoms with Crippen molar-refractivity contribution in [2.75, 3.05) is 17.3 Å². The predicted molar refractivity (Wildman–Crippen MR) is 120 cm³/mol. The van der Waals surface area contributed by atoms with Gasteiger partial charge in [0, 0.05) is 18.8 Å². The minimum Gasteiger partial charge on any atom is -0.481 e. The number of aliphatic hydroxyl groups is 2. The molecule has 1 aromatic carbocycles. The van der Waals surface area contributed by atoms with E-state index in [1.807, 2.05) is 26.0 Å². The molecule has 0 heterocycles. The molecule has 1 saturated carbocycles. The molecule has 5 nitrogen and oxygen atoms in total. The highest BCUT2D eigenvalue weighted by Crippen LogP contribution is 2.34. The van der Waals surface area contributed by atoms with Gasteiger partial charge in [0.2, 0.25) is 0 Å². The quantitative estimate of drug-likeness (QED) is 0.361. The first kappa shape index (κ1) is 24.0. The molecule has 3 N–H and O–H groups in total. The Hall–Kier alpha value is -1.28. The summed E-state index contributed by atoms with van der Waals surface area (Å²) in [5, 5.41) is 29.0. The summed E-state index contributed by atoms with van der Waals surface area (Å²) in [6.07, 6.45) is 3.57. The molecule has 1 aliphatic carbocycles. The second-order valence-corrected chi connectivity index (χ2v) is 9.85. The third-order valence-electron chi connectivity index (χ3n) is 4.97. The number of carbonyl (C=O) groups excluding carboxylic acids is 1. The van der Waals surface area contributed by atoms with Crippen molar-refractivity contribution in [1.29, 1.82) is 0 Å². The summed E-state index contributed by atoms with van der Waals surface area (Å²) in [5.74, 6) is 0.492. The van der Waals surface area contributed by atoms with Gasteiger partial charge in [0.15, 0.2) is 0 Å². The Kier molecular flexibility index (Phi) is 9.75. The number of carboxylic acids is 1. The van der Waals surface area contributed by atoms with E-state index in [9.17, 15) is 19.8 Å². The molecule has 0 aliphatic heterocycles. The van der Waals surface area contributed by atoms with E-state index in [2.05, 4.69) is 6.07 Å². The smallest absolute Gasteiger partial charge is 0.313 e. The fraction of sp³-hybridized carbons (Fsp3) is 0.545. The van der Waals surface area contributed by atoms with Gasteiger partial charge in [-0.25, -0.2) is 0 Å². The van der Waals surface area contributed by atoms with Crippen LogP contribution >= 0.6 is 23.5 Å². The number of aliphatic carboxylic acids is 1. The molecule has 1 fully saturated rings. The average Bonchev–Trinajstić information content (AvgIpc) is 2.92. The molecule has 7 heteroatoms. The summed E-state index contributed by atoms with van der Waals surface area (Å²) in [7, 11) is 0. The lowest BCUT2D eigenvalue weighted by Gasteiger charge is -2.18. The molecule has 29 heavy (non-hydrogen) atoms. The Morgan fingerprint density at radius 2 is 2.07 bits per heavy atom. The van der Waals surface area contributed by atoms with Gasteiger partial charge in [-0.3, -0.25) is 9.59 Å². The van der Waals surface area contributed by atoms with E-state index < -0.39 is 18.2 Å². The lowest BCUT2D eigenvalue weighted by molar-refractivity contribution is -0.133. The van der Waals surface area contributed by atoms with Crippen LogP contribution in [-0.2, 0) is 16.0 Å². The van der Waals surface area contributed by atoms with Crippen molar-refractivity contribution in [3.05, 3.63) is 47.0 Å². The van der Waals surface area contributed by atoms with Crippen LogP contribution in [0.5, 0.6) is 0 Å². The molecule has 1 aromatic rings. The molecule has 0 amide bonds. The first-order valence-corrected chi connectivity index (χ1v) is 12.0. The maximum absolute atomic E-state index is 12.3. The Morgan fingerprint density at radius 1 is 1.31 bits per heavy atom. The van der Waals surface area contributed by atoms with E-state index in [1.54, 1.807) is 12.2 Å². The zero-order valence-electron chi connectivity index (χ0n) is 16.9. The molecule has 4 atom stereocenters. The van der Waals surface area contributed by atoms with Crippen molar-refractivity contribution in [2.45, 2.75) is 50.6 Å². The van der Waals surface area contributed by atoms with Crippen LogP contribution in [0.4, 0.5) is 0 Å². The van der Waals surface area contributed by atoms with E-state index in [1.165, 1.54) is 23.5 Å². The van der Waals surface area contributed by atoms with Crippen LogP contribution in [0.2, 0.25) is 0 Å². The number of hydrogen-bond acceptors (Lipinski definition) is 6. The van der Waals surface area contributed by atoms with Gasteiger partial charge in [0.1, 0.15) is 5.78 Å². The summed E-state index contributed by atoms with van der Waals surface area (Å²) in [6.45, 7) is 4.04. The van der Waals surface area contributed by atoms with Gasteiger partial charge < -0.3 is 15.3 Å². The molecule has 0 radical (unpaired) electrons. The summed E-state index contributed by atoms with van der Waals surface area (Å²) in [4.78, 5) is 22.8. The molecule has 0 saturated heterocycles. The normalized spacial score (nSPS) is 23.0. The average molecular weight is 439 g/mol. The van der Waals surface area contributed by atoms with Crippen molar-refractivity contribution in [3.8, 4) is 0 Å². The number of hydrogen-bond donors (Lipinski definition) is 3. The molecule has 0 aromatic heterocycles. The third kappa shape index (κ3) is 7.81. The Bertz CT molecular complexity index is 734. The zero-order chi connectivity index (χ0) is 21.4. The van der Waals surface area contributed by atoms with E-state index in [-0.39, 0.29) is 29.1 Å². The number of carboxylic acid groups (broad SMARTS) is 1. The maximum atomic E-state index is 12.3. The number of thioether (sulfide) groups is 2. The van der Waals surface area contributed by atoms with Gasteiger partial charge in [0.05, 0.1) is 23.2 Å².